The number of nitrogens with zero attached hydrogens (tertiary/aromatic N) is 1. The minimum Gasteiger partial charge on any atom is -0.462 e. The van der Waals surface area contributed by atoms with Crippen LogP contribution in [-0.4, -0.2) is 86.1 Å². The monoisotopic (exact) mass is 849 g/mol. The molecule has 0 aliphatic carbocycles. The van der Waals surface area contributed by atoms with Crippen LogP contribution < -0.4 is 0 Å². The van der Waals surface area contributed by atoms with Gasteiger partial charge in [0, 0.05) is 12.8 Å². The number of likely N-dealkylation sites (N-methyl/N-ethyl adjacent to an activating group) is 1. The van der Waals surface area contributed by atoms with Gasteiger partial charge < -0.3 is 24.0 Å². The molecule has 338 valence electrons. The molecule has 1 unspecified atom stereocenters. The van der Waals surface area contributed by atoms with E-state index >= 15 is 0 Å². The Balaban J connectivity index is 4.59. The third-order valence-corrected chi connectivity index (χ3v) is 9.99. The van der Waals surface area contributed by atoms with Crippen LogP contribution in [0.25, 0.3) is 0 Å². The van der Waals surface area contributed by atoms with Crippen molar-refractivity contribution >= 4 is 19.8 Å². The average Bonchev–Trinajstić information content (AvgIpc) is 3.18. The summed E-state index contributed by atoms with van der Waals surface area (Å²) in [5, 5.41) is 9.91. The van der Waals surface area contributed by atoms with E-state index in [0.717, 1.165) is 64.2 Å². The van der Waals surface area contributed by atoms with Gasteiger partial charge in [0.1, 0.15) is 19.8 Å². The Morgan fingerprint density at radius 1 is 0.610 bits per heavy atom. The van der Waals surface area contributed by atoms with Crippen molar-refractivity contribution in [3.63, 3.8) is 0 Å². The zero-order valence-electron chi connectivity index (χ0n) is 37.6. The molecule has 0 saturated carbocycles. The first-order valence-corrected chi connectivity index (χ1v) is 23.9. The van der Waals surface area contributed by atoms with Crippen LogP contribution in [0.2, 0.25) is 0 Å². The molecule has 0 saturated heterocycles. The Bertz CT molecular complexity index is 1300. The summed E-state index contributed by atoms with van der Waals surface area (Å²) >= 11 is 0. The van der Waals surface area contributed by atoms with Crippen LogP contribution in [0.3, 0.4) is 0 Å². The largest absolute Gasteiger partial charge is 0.472 e. The van der Waals surface area contributed by atoms with Gasteiger partial charge in [-0.25, -0.2) is 4.57 Å². The van der Waals surface area contributed by atoms with Crippen LogP contribution in [0.5, 0.6) is 0 Å². The predicted molar refractivity (Wildman–Crippen MR) is 244 cm³/mol. The van der Waals surface area contributed by atoms with Crippen molar-refractivity contribution in [2.75, 3.05) is 47.5 Å². The number of quaternary nitrogens is 1. The van der Waals surface area contributed by atoms with E-state index < -0.39 is 32.5 Å². The predicted octanol–water partition coefficient (Wildman–Crippen LogP) is 11.8. The number of aliphatic hydroxyl groups excluding tert-OH is 1. The van der Waals surface area contributed by atoms with Gasteiger partial charge in [0.15, 0.2) is 6.10 Å². The van der Waals surface area contributed by atoms with Crippen molar-refractivity contribution in [1.82, 2.24) is 0 Å². The third-order valence-electron chi connectivity index (χ3n) is 9.00. The Hall–Kier alpha value is -2.85. The number of phosphoric acid groups is 1. The summed E-state index contributed by atoms with van der Waals surface area (Å²) in [6, 6.07) is 0. The number of carbonyl (C=O) groups is 2. The van der Waals surface area contributed by atoms with Crippen LogP contribution in [0.4, 0.5) is 0 Å². The number of aliphatic hydroxyl groups is 1. The van der Waals surface area contributed by atoms with Crippen molar-refractivity contribution in [3.05, 3.63) is 85.1 Å². The standard InChI is InChI=1S/C48H82NO9P/c1-6-8-10-11-12-13-14-15-16-17-18-19-22-25-28-31-35-39-47(51)55-43-46(44-57-59(53,54)56-42-41-49(3,4)5)58-48(52)40-36-32-29-26-23-20-21-24-27-30-34-38-45(50)37-33-9-7-2/h15-16,18-21,25-30,34,38,45-46,50H,6-14,17,22-24,31-33,35-37,39-44H2,1-5H3/p+1/b16-15-,19-18-,21-20-,28-25-,29-26-,30-27-,38-34+/t45-,46+/m0/s1. The number of rotatable bonds is 39. The van der Waals surface area contributed by atoms with Gasteiger partial charge >= 0.3 is 19.8 Å². The van der Waals surface area contributed by atoms with Gasteiger partial charge in [-0.3, -0.25) is 18.6 Å². The molecule has 2 N–H and O–H groups in total. The van der Waals surface area contributed by atoms with Crippen LogP contribution >= 0.6 is 7.82 Å². The minimum atomic E-state index is -4.42. The summed E-state index contributed by atoms with van der Waals surface area (Å²) in [5.41, 5.74) is 0. The van der Waals surface area contributed by atoms with E-state index in [-0.39, 0.29) is 32.2 Å². The van der Waals surface area contributed by atoms with Gasteiger partial charge in [-0.15, -0.1) is 0 Å². The molecule has 0 aromatic rings. The second kappa shape index (κ2) is 39.3. The molecule has 10 nitrogen and oxygen atoms in total. The molecule has 0 bridgehead atoms. The molecule has 0 heterocycles. The highest BCUT2D eigenvalue weighted by atomic mass is 31.2. The minimum absolute atomic E-state index is 0.00118. The molecule has 59 heavy (non-hydrogen) atoms. The van der Waals surface area contributed by atoms with E-state index in [2.05, 4.69) is 62.5 Å². The number of allylic oxidation sites excluding steroid dienone is 13. The maximum Gasteiger partial charge on any atom is 0.472 e. The van der Waals surface area contributed by atoms with E-state index in [1.165, 1.54) is 38.5 Å². The number of carbonyl (C=O) groups excluding carboxylic acids is 2. The molecule has 0 aromatic carbocycles. The van der Waals surface area contributed by atoms with E-state index in [1.807, 2.05) is 57.6 Å². The molecule has 0 radical (unpaired) electrons. The molecule has 0 aliphatic rings. The summed E-state index contributed by atoms with van der Waals surface area (Å²) in [6.45, 7) is 4.13. The Morgan fingerprint density at radius 2 is 1.12 bits per heavy atom. The number of esters is 2. The summed E-state index contributed by atoms with van der Waals surface area (Å²) in [5.74, 6) is -0.960. The zero-order chi connectivity index (χ0) is 43.7. The molecule has 0 aromatic heterocycles. The van der Waals surface area contributed by atoms with Crippen molar-refractivity contribution in [1.29, 1.82) is 0 Å². The number of ether oxygens (including phenoxy) is 2. The van der Waals surface area contributed by atoms with E-state index in [4.69, 9.17) is 18.5 Å². The summed E-state index contributed by atoms with van der Waals surface area (Å²) in [7, 11) is 1.37. The van der Waals surface area contributed by atoms with Crippen molar-refractivity contribution < 1.29 is 47.2 Å². The first-order valence-electron chi connectivity index (χ1n) is 22.4. The fraction of sp³-hybridized carbons (Fsp3) is 0.667. The van der Waals surface area contributed by atoms with Gasteiger partial charge in [0.05, 0.1) is 33.9 Å². The topological polar surface area (TPSA) is 129 Å². The zero-order valence-corrected chi connectivity index (χ0v) is 38.5. The van der Waals surface area contributed by atoms with E-state index in [9.17, 15) is 24.2 Å². The molecular weight excluding hydrogens is 765 g/mol. The Labute approximate surface area is 359 Å². The second-order valence-corrected chi connectivity index (χ2v) is 17.4. The van der Waals surface area contributed by atoms with Crippen LogP contribution in [0.15, 0.2) is 85.1 Å². The lowest BCUT2D eigenvalue weighted by Gasteiger charge is -2.24. The van der Waals surface area contributed by atoms with Gasteiger partial charge in [0.2, 0.25) is 0 Å². The molecule has 11 heteroatoms. The van der Waals surface area contributed by atoms with Gasteiger partial charge in [-0.05, 0) is 70.6 Å². The highest BCUT2D eigenvalue weighted by molar-refractivity contribution is 7.47. The van der Waals surface area contributed by atoms with E-state index in [0.29, 0.717) is 30.3 Å². The summed E-state index contributed by atoms with van der Waals surface area (Å²) in [6.07, 6.45) is 46.9. The molecule has 0 aliphatic heterocycles. The highest BCUT2D eigenvalue weighted by Gasteiger charge is 2.27. The maximum absolute atomic E-state index is 12.7. The molecule has 0 rings (SSSR count). The smallest absolute Gasteiger partial charge is 0.462 e. The maximum atomic E-state index is 12.7. The number of hydrogen-bond acceptors (Lipinski definition) is 8. The first-order chi connectivity index (χ1) is 28.4. The lowest BCUT2D eigenvalue weighted by atomic mass is 10.1. The van der Waals surface area contributed by atoms with Crippen LogP contribution in [0, 0.1) is 0 Å². The lowest BCUT2D eigenvalue weighted by molar-refractivity contribution is -0.870. The lowest BCUT2D eigenvalue weighted by Crippen LogP contribution is -2.37. The number of phosphoric ester groups is 1. The SMILES string of the molecule is CCCCCCCC/C=C\C/C=C\C/C=C\CCCC(=O)OC[C@H](COP(=O)(O)OCC[N+](C)(C)C)OC(=O)CCC/C=C\C/C=C\C/C=C\C=C\[C@@H](O)CCCCC. The molecule has 0 amide bonds. The van der Waals surface area contributed by atoms with Crippen LogP contribution in [0.1, 0.15) is 149 Å². The highest BCUT2D eigenvalue weighted by Crippen LogP contribution is 2.43. The fourth-order valence-corrected chi connectivity index (χ4v) is 6.17. The number of unbranched alkanes of at least 4 members (excludes halogenated alkanes) is 10. The van der Waals surface area contributed by atoms with Gasteiger partial charge in [-0.1, -0.05) is 150 Å². The van der Waals surface area contributed by atoms with E-state index in [1.54, 1.807) is 0 Å². The quantitative estimate of drug-likeness (QED) is 0.0155. The van der Waals surface area contributed by atoms with Crippen molar-refractivity contribution in [2.24, 2.45) is 0 Å². The second-order valence-electron chi connectivity index (χ2n) is 15.9. The summed E-state index contributed by atoms with van der Waals surface area (Å²) in [4.78, 5) is 35.3. The summed E-state index contributed by atoms with van der Waals surface area (Å²) < 4.78 is 34.1. The first kappa shape index (κ1) is 56.1. The molecule has 0 fully saturated rings. The van der Waals surface area contributed by atoms with Crippen molar-refractivity contribution in [3.8, 4) is 0 Å². The average molecular weight is 849 g/mol. The Morgan fingerprint density at radius 3 is 1.71 bits per heavy atom. The van der Waals surface area contributed by atoms with Crippen molar-refractivity contribution in [2.45, 2.75) is 161 Å². The molecular formula is C48H83NO9P+. The fourth-order valence-electron chi connectivity index (χ4n) is 5.43. The molecule has 3 atom stereocenters. The Kier molecular flexibility index (Phi) is 37.4. The van der Waals surface area contributed by atoms with Gasteiger partial charge in [-0.2, -0.15) is 0 Å². The number of hydrogen-bond donors (Lipinski definition) is 2. The van der Waals surface area contributed by atoms with Crippen LogP contribution in [-0.2, 0) is 32.7 Å². The van der Waals surface area contributed by atoms with Gasteiger partial charge in [0.25, 0.3) is 0 Å². The normalized spacial score (nSPS) is 14.9. The molecule has 0 spiro atoms. The third kappa shape index (κ3) is 43.1.